The minimum Gasteiger partial charge on any atom is -0.354 e. The molecule has 0 atom stereocenters. The van der Waals surface area contributed by atoms with Crippen LogP contribution in [0.1, 0.15) is 38.2 Å². The standard InChI is InChI=1S/C14H21N5/c1-2-16-13-5-3-11(4-6-13)8-17-14-18-9-12(7-15)10-19-14/h9-11,13,16H,2-6,8H2,1H3,(H,17,18,19)/t11-,13-. The van der Waals surface area contributed by atoms with Gasteiger partial charge >= 0.3 is 0 Å². The summed E-state index contributed by atoms with van der Waals surface area (Å²) in [6, 6.07) is 2.72. The molecule has 1 heterocycles. The first kappa shape index (κ1) is 13.8. The minimum absolute atomic E-state index is 0.497. The van der Waals surface area contributed by atoms with Gasteiger partial charge in [-0.3, -0.25) is 0 Å². The third kappa shape index (κ3) is 4.18. The largest absolute Gasteiger partial charge is 0.354 e. The van der Waals surface area contributed by atoms with E-state index in [9.17, 15) is 0 Å². The molecule has 102 valence electrons. The molecule has 1 aliphatic carbocycles. The van der Waals surface area contributed by atoms with Crippen LogP contribution < -0.4 is 10.6 Å². The maximum absolute atomic E-state index is 8.67. The summed E-state index contributed by atoms with van der Waals surface area (Å²) in [5.41, 5.74) is 0.497. The van der Waals surface area contributed by atoms with Crippen LogP contribution in [0.3, 0.4) is 0 Å². The lowest BCUT2D eigenvalue weighted by atomic mass is 9.86. The predicted molar refractivity (Wildman–Crippen MR) is 74.7 cm³/mol. The number of hydrogen-bond donors (Lipinski definition) is 2. The van der Waals surface area contributed by atoms with E-state index in [-0.39, 0.29) is 0 Å². The molecule has 5 heteroatoms. The van der Waals surface area contributed by atoms with Crippen molar-refractivity contribution in [1.82, 2.24) is 15.3 Å². The Morgan fingerprint density at radius 2 is 1.95 bits per heavy atom. The molecular formula is C14H21N5. The quantitative estimate of drug-likeness (QED) is 0.845. The third-order valence-electron chi connectivity index (χ3n) is 3.67. The van der Waals surface area contributed by atoms with Gasteiger partial charge in [-0.25, -0.2) is 9.97 Å². The van der Waals surface area contributed by atoms with E-state index >= 15 is 0 Å². The molecule has 1 aromatic heterocycles. The topological polar surface area (TPSA) is 73.6 Å². The van der Waals surface area contributed by atoms with Crippen molar-refractivity contribution in [1.29, 1.82) is 5.26 Å². The van der Waals surface area contributed by atoms with Crippen LogP contribution in [0.25, 0.3) is 0 Å². The number of nitrogens with one attached hydrogen (secondary N) is 2. The molecule has 0 spiro atoms. The Kier molecular flexibility index (Phi) is 5.10. The van der Waals surface area contributed by atoms with Crippen LogP contribution in [-0.4, -0.2) is 29.1 Å². The van der Waals surface area contributed by atoms with Gasteiger partial charge in [0.1, 0.15) is 6.07 Å². The zero-order chi connectivity index (χ0) is 13.5. The Balaban J connectivity index is 1.73. The van der Waals surface area contributed by atoms with Gasteiger partial charge in [-0.05, 0) is 38.1 Å². The molecule has 0 aromatic carbocycles. The molecule has 5 nitrogen and oxygen atoms in total. The molecule has 1 aliphatic rings. The van der Waals surface area contributed by atoms with Crippen molar-refractivity contribution in [2.24, 2.45) is 5.92 Å². The van der Waals surface area contributed by atoms with Crippen molar-refractivity contribution >= 4 is 5.95 Å². The van der Waals surface area contributed by atoms with Crippen LogP contribution in [-0.2, 0) is 0 Å². The van der Waals surface area contributed by atoms with Crippen molar-refractivity contribution < 1.29 is 0 Å². The predicted octanol–water partition coefficient (Wildman–Crippen LogP) is 1.93. The van der Waals surface area contributed by atoms with Crippen molar-refractivity contribution in [3.63, 3.8) is 0 Å². The van der Waals surface area contributed by atoms with E-state index in [4.69, 9.17) is 5.26 Å². The molecular weight excluding hydrogens is 238 g/mol. The summed E-state index contributed by atoms with van der Waals surface area (Å²) in [6.45, 7) is 4.15. The highest BCUT2D eigenvalue weighted by molar-refractivity contribution is 5.29. The number of aromatic nitrogens is 2. The number of nitriles is 1. The molecule has 0 unspecified atom stereocenters. The highest BCUT2D eigenvalue weighted by Gasteiger charge is 2.20. The Morgan fingerprint density at radius 3 is 2.53 bits per heavy atom. The van der Waals surface area contributed by atoms with Crippen molar-refractivity contribution in [3.8, 4) is 6.07 Å². The number of rotatable bonds is 5. The highest BCUT2D eigenvalue weighted by atomic mass is 15.1. The zero-order valence-corrected chi connectivity index (χ0v) is 11.4. The van der Waals surface area contributed by atoms with Gasteiger partial charge < -0.3 is 10.6 Å². The van der Waals surface area contributed by atoms with Crippen molar-refractivity contribution in [3.05, 3.63) is 18.0 Å². The van der Waals surface area contributed by atoms with E-state index in [0.717, 1.165) is 13.1 Å². The molecule has 19 heavy (non-hydrogen) atoms. The van der Waals surface area contributed by atoms with E-state index in [2.05, 4.69) is 27.5 Å². The second-order valence-corrected chi connectivity index (χ2v) is 5.06. The fourth-order valence-corrected chi connectivity index (χ4v) is 2.57. The van der Waals surface area contributed by atoms with E-state index in [1.165, 1.54) is 25.7 Å². The fraction of sp³-hybridized carbons (Fsp3) is 0.643. The summed E-state index contributed by atoms with van der Waals surface area (Å²) in [5.74, 6) is 1.32. The molecule has 0 amide bonds. The monoisotopic (exact) mass is 259 g/mol. The molecule has 0 radical (unpaired) electrons. The molecule has 1 fully saturated rings. The maximum atomic E-state index is 8.67. The minimum atomic E-state index is 0.497. The summed E-state index contributed by atoms with van der Waals surface area (Å²) in [6.07, 6.45) is 8.12. The van der Waals surface area contributed by atoms with Gasteiger partial charge in [0.25, 0.3) is 0 Å². The summed E-state index contributed by atoms with van der Waals surface area (Å²) in [7, 11) is 0. The molecule has 1 saturated carbocycles. The lowest BCUT2D eigenvalue weighted by Crippen LogP contribution is -2.34. The smallest absolute Gasteiger partial charge is 0.222 e. The first-order chi connectivity index (χ1) is 9.31. The van der Waals surface area contributed by atoms with Gasteiger partial charge in [0, 0.05) is 12.6 Å². The average Bonchev–Trinajstić information content (AvgIpc) is 2.47. The SMILES string of the molecule is CCN[C@H]1CC[C@H](CNc2ncc(C#N)cn2)CC1. The van der Waals surface area contributed by atoms with Crippen LogP contribution in [0.5, 0.6) is 0 Å². The molecule has 2 N–H and O–H groups in total. The van der Waals surface area contributed by atoms with Gasteiger partial charge in [0.15, 0.2) is 0 Å². The number of anilines is 1. The van der Waals surface area contributed by atoms with E-state index in [1.54, 1.807) is 12.4 Å². The van der Waals surface area contributed by atoms with Crippen LogP contribution in [0.2, 0.25) is 0 Å². The van der Waals surface area contributed by atoms with Gasteiger partial charge in [-0.15, -0.1) is 0 Å². The second-order valence-electron chi connectivity index (χ2n) is 5.06. The van der Waals surface area contributed by atoms with E-state index in [0.29, 0.717) is 23.5 Å². The summed E-state index contributed by atoms with van der Waals surface area (Å²) >= 11 is 0. The summed E-state index contributed by atoms with van der Waals surface area (Å²) in [4.78, 5) is 8.24. The van der Waals surface area contributed by atoms with Gasteiger partial charge in [-0.2, -0.15) is 5.26 Å². The Hall–Kier alpha value is -1.67. The van der Waals surface area contributed by atoms with Crippen molar-refractivity contribution in [2.45, 2.75) is 38.6 Å². The normalized spacial score (nSPS) is 22.7. The van der Waals surface area contributed by atoms with Crippen LogP contribution in [0.4, 0.5) is 5.95 Å². The third-order valence-corrected chi connectivity index (χ3v) is 3.67. The van der Waals surface area contributed by atoms with Crippen molar-refractivity contribution in [2.75, 3.05) is 18.4 Å². The summed E-state index contributed by atoms with van der Waals surface area (Å²) < 4.78 is 0. The van der Waals surface area contributed by atoms with E-state index in [1.807, 2.05) is 6.07 Å². The fourth-order valence-electron chi connectivity index (χ4n) is 2.57. The highest BCUT2D eigenvalue weighted by Crippen LogP contribution is 2.24. The van der Waals surface area contributed by atoms with Gasteiger partial charge in [0.05, 0.1) is 18.0 Å². The molecule has 2 rings (SSSR count). The molecule has 0 saturated heterocycles. The Bertz CT molecular complexity index is 414. The van der Waals surface area contributed by atoms with Crippen LogP contribution in [0, 0.1) is 17.2 Å². The average molecular weight is 259 g/mol. The molecule has 0 aliphatic heterocycles. The Labute approximate surface area is 114 Å². The molecule has 1 aromatic rings. The lowest BCUT2D eigenvalue weighted by molar-refractivity contribution is 0.304. The first-order valence-corrected chi connectivity index (χ1v) is 7.01. The second kappa shape index (κ2) is 7.05. The van der Waals surface area contributed by atoms with E-state index < -0.39 is 0 Å². The van der Waals surface area contributed by atoms with Crippen LogP contribution >= 0.6 is 0 Å². The van der Waals surface area contributed by atoms with Crippen LogP contribution in [0.15, 0.2) is 12.4 Å². The van der Waals surface area contributed by atoms with Gasteiger partial charge in [-0.1, -0.05) is 6.92 Å². The maximum Gasteiger partial charge on any atom is 0.222 e. The number of nitrogens with zero attached hydrogens (tertiary/aromatic N) is 3. The summed E-state index contributed by atoms with van der Waals surface area (Å²) in [5, 5.41) is 15.5. The first-order valence-electron chi connectivity index (χ1n) is 7.01. The zero-order valence-electron chi connectivity index (χ0n) is 11.4. The molecule has 0 bridgehead atoms. The lowest BCUT2D eigenvalue weighted by Gasteiger charge is -2.29. The van der Waals surface area contributed by atoms with Gasteiger partial charge in [0.2, 0.25) is 5.95 Å². The Morgan fingerprint density at radius 1 is 1.26 bits per heavy atom. The number of hydrogen-bond acceptors (Lipinski definition) is 5.